The number of aliphatic hydroxyl groups is 1. The number of ether oxygens (including phenoxy) is 3. The number of aliphatic hydroxyl groups excluding tert-OH is 1. The van der Waals surface area contributed by atoms with E-state index in [-0.39, 0.29) is 18.2 Å². The highest BCUT2D eigenvalue weighted by Crippen LogP contribution is 2.25. The minimum Gasteiger partial charge on any atom is -0.374 e. The predicted octanol–water partition coefficient (Wildman–Crippen LogP) is 3.66. The van der Waals surface area contributed by atoms with E-state index in [0.29, 0.717) is 26.4 Å². The molecule has 5 nitrogen and oxygen atoms in total. The van der Waals surface area contributed by atoms with Crippen molar-refractivity contribution in [3.63, 3.8) is 0 Å². The molecular weight excluding hydrogens is 390 g/mol. The number of rotatable bonds is 10. The Labute approximate surface area is 183 Å². The molecule has 0 saturated carbocycles. The molecule has 2 N–H and O–H groups in total. The second-order valence-electron chi connectivity index (χ2n) is 7.72. The fourth-order valence-corrected chi connectivity index (χ4v) is 3.76. The molecule has 4 unspecified atom stereocenters. The van der Waals surface area contributed by atoms with Crippen LogP contribution in [-0.4, -0.2) is 36.3 Å². The third-order valence-electron chi connectivity index (χ3n) is 5.41. The maximum absolute atomic E-state index is 10.6. The van der Waals surface area contributed by atoms with Crippen molar-refractivity contribution in [1.82, 2.24) is 5.32 Å². The van der Waals surface area contributed by atoms with Gasteiger partial charge in [0.2, 0.25) is 0 Å². The van der Waals surface area contributed by atoms with E-state index in [1.165, 1.54) is 0 Å². The van der Waals surface area contributed by atoms with Gasteiger partial charge in [-0.05, 0) is 16.7 Å². The Morgan fingerprint density at radius 3 is 1.90 bits per heavy atom. The Morgan fingerprint density at radius 2 is 1.29 bits per heavy atom. The standard InChI is InChI=1S/C26H29NO4/c28-26-24(27-16-20-10-4-1-5-11-20)25(30-18-22-14-8-3-9-15-22)23(31-26)19-29-17-21-12-6-2-7-13-21/h1-15,23-28H,16-19H2. The molecule has 3 aromatic rings. The lowest BCUT2D eigenvalue weighted by atomic mass is 10.1. The van der Waals surface area contributed by atoms with Crippen molar-refractivity contribution < 1.29 is 19.3 Å². The smallest absolute Gasteiger partial charge is 0.173 e. The third kappa shape index (κ3) is 6.23. The van der Waals surface area contributed by atoms with E-state index in [1.807, 2.05) is 78.9 Å². The molecule has 5 heteroatoms. The highest BCUT2D eigenvalue weighted by Gasteiger charge is 2.44. The number of benzene rings is 3. The summed E-state index contributed by atoms with van der Waals surface area (Å²) in [4.78, 5) is 0. The summed E-state index contributed by atoms with van der Waals surface area (Å²) < 4.78 is 18.0. The third-order valence-corrected chi connectivity index (χ3v) is 5.41. The molecule has 1 aliphatic heterocycles. The molecule has 0 bridgehead atoms. The summed E-state index contributed by atoms with van der Waals surface area (Å²) in [7, 11) is 0. The zero-order valence-corrected chi connectivity index (χ0v) is 17.5. The van der Waals surface area contributed by atoms with Gasteiger partial charge < -0.3 is 24.6 Å². The van der Waals surface area contributed by atoms with Crippen molar-refractivity contribution in [3.8, 4) is 0 Å². The summed E-state index contributed by atoms with van der Waals surface area (Å²) in [5.74, 6) is 0. The summed E-state index contributed by atoms with van der Waals surface area (Å²) in [6.07, 6.45) is -1.67. The Bertz CT molecular complexity index is 891. The summed E-state index contributed by atoms with van der Waals surface area (Å²) in [6.45, 7) is 1.90. The van der Waals surface area contributed by atoms with Crippen LogP contribution in [-0.2, 0) is 34.0 Å². The SMILES string of the molecule is OC1OC(COCc2ccccc2)C(OCc2ccccc2)C1NCc1ccccc1. The first-order valence-corrected chi connectivity index (χ1v) is 10.7. The quantitative estimate of drug-likeness (QED) is 0.525. The van der Waals surface area contributed by atoms with Gasteiger partial charge in [0.1, 0.15) is 12.2 Å². The molecular formula is C26H29NO4. The lowest BCUT2D eigenvalue weighted by Crippen LogP contribution is -2.46. The fraction of sp³-hybridized carbons (Fsp3) is 0.308. The van der Waals surface area contributed by atoms with Gasteiger partial charge in [0.15, 0.2) is 6.29 Å². The molecule has 4 rings (SSSR count). The van der Waals surface area contributed by atoms with Crippen molar-refractivity contribution in [2.24, 2.45) is 0 Å². The molecule has 31 heavy (non-hydrogen) atoms. The van der Waals surface area contributed by atoms with Gasteiger partial charge in [-0.25, -0.2) is 0 Å². The monoisotopic (exact) mass is 419 g/mol. The molecule has 0 spiro atoms. The van der Waals surface area contributed by atoms with Crippen LogP contribution in [0.4, 0.5) is 0 Å². The molecule has 0 aromatic heterocycles. The van der Waals surface area contributed by atoms with Crippen LogP contribution in [0.1, 0.15) is 16.7 Å². The Hall–Kier alpha value is -2.54. The summed E-state index contributed by atoms with van der Waals surface area (Å²) >= 11 is 0. The van der Waals surface area contributed by atoms with Gasteiger partial charge in [0.05, 0.1) is 25.9 Å². The van der Waals surface area contributed by atoms with Crippen molar-refractivity contribution in [2.45, 2.75) is 44.3 Å². The maximum Gasteiger partial charge on any atom is 0.173 e. The maximum atomic E-state index is 10.6. The minimum absolute atomic E-state index is 0.338. The Morgan fingerprint density at radius 1 is 0.742 bits per heavy atom. The van der Waals surface area contributed by atoms with Crippen molar-refractivity contribution >= 4 is 0 Å². The first-order chi connectivity index (χ1) is 15.3. The Kier molecular flexibility index (Phi) is 7.82. The van der Waals surface area contributed by atoms with Crippen LogP contribution in [0.15, 0.2) is 91.0 Å². The van der Waals surface area contributed by atoms with Gasteiger partial charge in [0.25, 0.3) is 0 Å². The average molecular weight is 420 g/mol. The molecule has 1 fully saturated rings. The molecule has 0 amide bonds. The number of hydrogen-bond acceptors (Lipinski definition) is 5. The highest BCUT2D eigenvalue weighted by molar-refractivity contribution is 5.16. The first-order valence-electron chi connectivity index (χ1n) is 10.7. The van der Waals surface area contributed by atoms with Crippen molar-refractivity contribution in [1.29, 1.82) is 0 Å². The molecule has 3 aromatic carbocycles. The normalized spacial score (nSPS) is 23.1. The molecule has 0 aliphatic carbocycles. The second-order valence-corrected chi connectivity index (χ2v) is 7.72. The van der Waals surface area contributed by atoms with Gasteiger partial charge in [-0.2, -0.15) is 0 Å². The molecule has 1 heterocycles. The van der Waals surface area contributed by atoms with Gasteiger partial charge in [-0.1, -0.05) is 91.0 Å². The molecule has 1 aliphatic rings. The molecule has 162 valence electrons. The van der Waals surface area contributed by atoms with E-state index in [1.54, 1.807) is 0 Å². The van der Waals surface area contributed by atoms with E-state index in [0.717, 1.165) is 16.7 Å². The van der Waals surface area contributed by atoms with Gasteiger partial charge in [-0.3, -0.25) is 0 Å². The van der Waals surface area contributed by atoms with Crippen LogP contribution < -0.4 is 5.32 Å². The lowest BCUT2D eigenvalue weighted by molar-refractivity contribution is -0.125. The second kappa shape index (κ2) is 11.2. The van der Waals surface area contributed by atoms with Crippen LogP contribution in [0.25, 0.3) is 0 Å². The largest absolute Gasteiger partial charge is 0.374 e. The first kappa shape index (κ1) is 21.7. The van der Waals surface area contributed by atoms with E-state index in [2.05, 4.69) is 17.4 Å². The van der Waals surface area contributed by atoms with Gasteiger partial charge in [-0.15, -0.1) is 0 Å². The average Bonchev–Trinajstić information content (AvgIpc) is 3.12. The predicted molar refractivity (Wildman–Crippen MR) is 119 cm³/mol. The summed E-state index contributed by atoms with van der Waals surface area (Å²) in [5, 5.41) is 14.0. The Balaban J connectivity index is 1.39. The lowest BCUT2D eigenvalue weighted by Gasteiger charge is -2.24. The van der Waals surface area contributed by atoms with Gasteiger partial charge >= 0.3 is 0 Å². The highest BCUT2D eigenvalue weighted by atomic mass is 16.7. The zero-order chi connectivity index (χ0) is 21.3. The van der Waals surface area contributed by atoms with Crippen LogP contribution in [0, 0.1) is 0 Å². The van der Waals surface area contributed by atoms with Crippen molar-refractivity contribution in [3.05, 3.63) is 108 Å². The van der Waals surface area contributed by atoms with Crippen LogP contribution in [0.2, 0.25) is 0 Å². The zero-order valence-electron chi connectivity index (χ0n) is 17.5. The number of hydrogen-bond donors (Lipinski definition) is 2. The molecule has 1 saturated heterocycles. The van der Waals surface area contributed by atoms with Gasteiger partial charge in [0, 0.05) is 6.54 Å². The summed E-state index contributed by atoms with van der Waals surface area (Å²) in [5.41, 5.74) is 3.32. The summed E-state index contributed by atoms with van der Waals surface area (Å²) in [6, 6.07) is 29.8. The van der Waals surface area contributed by atoms with E-state index >= 15 is 0 Å². The van der Waals surface area contributed by atoms with Crippen LogP contribution >= 0.6 is 0 Å². The molecule has 0 radical (unpaired) electrons. The molecule has 4 atom stereocenters. The van der Waals surface area contributed by atoms with E-state index in [4.69, 9.17) is 14.2 Å². The fourth-order valence-electron chi connectivity index (χ4n) is 3.76. The van der Waals surface area contributed by atoms with Crippen molar-refractivity contribution in [2.75, 3.05) is 6.61 Å². The topological polar surface area (TPSA) is 60.0 Å². The van der Waals surface area contributed by atoms with E-state index in [9.17, 15) is 5.11 Å². The number of nitrogens with one attached hydrogen (secondary N) is 1. The van der Waals surface area contributed by atoms with Crippen LogP contribution in [0.3, 0.4) is 0 Å². The van der Waals surface area contributed by atoms with Crippen LogP contribution in [0.5, 0.6) is 0 Å². The minimum atomic E-state index is -0.963. The van der Waals surface area contributed by atoms with E-state index < -0.39 is 6.29 Å².